The monoisotopic (exact) mass is 303 g/mol. The van der Waals surface area contributed by atoms with Crippen LogP contribution in [0, 0.1) is 11.3 Å². The van der Waals surface area contributed by atoms with Crippen LogP contribution in [0.1, 0.15) is 16.1 Å². The number of rotatable bonds is 3. The molecule has 1 N–H and O–H groups in total. The highest BCUT2D eigenvalue weighted by atomic mass is 16.5. The Bertz CT molecular complexity index is 929. The number of hydrogen-bond acceptors (Lipinski definition) is 4. The standard InChI is InChI=1S/C18H13N3O2/c1-23-15-6-8-16-13(10-15)5-7-17(21-16)18(22)20-14-4-2-3-12(9-14)11-19/h2-10H,1H3,(H,20,22). The second-order valence-corrected chi connectivity index (χ2v) is 4.90. The minimum atomic E-state index is -0.321. The predicted molar refractivity (Wildman–Crippen MR) is 87.4 cm³/mol. The smallest absolute Gasteiger partial charge is 0.274 e. The number of carbonyl (C=O) groups is 1. The SMILES string of the molecule is COc1ccc2nc(C(=O)Nc3cccc(C#N)c3)ccc2c1. The topological polar surface area (TPSA) is 75.0 Å². The average molecular weight is 303 g/mol. The second kappa shape index (κ2) is 6.16. The summed E-state index contributed by atoms with van der Waals surface area (Å²) in [4.78, 5) is 16.7. The van der Waals surface area contributed by atoms with E-state index in [9.17, 15) is 4.79 Å². The van der Waals surface area contributed by atoms with Gasteiger partial charge in [0.05, 0.1) is 24.3 Å². The Morgan fingerprint density at radius 2 is 2.04 bits per heavy atom. The van der Waals surface area contributed by atoms with Crippen molar-refractivity contribution in [3.05, 3.63) is 65.9 Å². The third kappa shape index (κ3) is 3.11. The summed E-state index contributed by atoms with van der Waals surface area (Å²) in [6.45, 7) is 0. The van der Waals surface area contributed by atoms with E-state index in [1.165, 1.54) is 0 Å². The third-order valence-corrected chi connectivity index (χ3v) is 3.38. The van der Waals surface area contributed by atoms with Gasteiger partial charge >= 0.3 is 0 Å². The molecule has 3 rings (SSSR count). The van der Waals surface area contributed by atoms with Gasteiger partial charge in [-0.15, -0.1) is 0 Å². The largest absolute Gasteiger partial charge is 0.497 e. The van der Waals surface area contributed by atoms with Crippen molar-refractivity contribution in [2.24, 2.45) is 0 Å². The number of nitrogens with one attached hydrogen (secondary N) is 1. The molecule has 1 aromatic heterocycles. The lowest BCUT2D eigenvalue weighted by Gasteiger charge is -2.07. The number of carbonyl (C=O) groups excluding carboxylic acids is 1. The number of methoxy groups -OCH3 is 1. The number of aromatic nitrogens is 1. The molecule has 0 fully saturated rings. The Hall–Kier alpha value is -3.39. The number of nitrogens with zero attached hydrogens (tertiary/aromatic N) is 2. The van der Waals surface area contributed by atoms with Gasteiger partial charge in [0.2, 0.25) is 0 Å². The van der Waals surface area contributed by atoms with Crippen LogP contribution < -0.4 is 10.1 Å². The second-order valence-electron chi connectivity index (χ2n) is 4.90. The number of hydrogen-bond donors (Lipinski definition) is 1. The third-order valence-electron chi connectivity index (χ3n) is 3.38. The van der Waals surface area contributed by atoms with Crippen molar-refractivity contribution in [3.63, 3.8) is 0 Å². The summed E-state index contributed by atoms with van der Waals surface area (Å²) in [6.07, 6.45) is 0. The van der Waals surface area contributed by atoms with Gasteiger partial charge in [0.15, 0.2) is 0 Å². The Balaban J connectivity index is 1.87. The van der Waals surface area contributed by atoms with Crippen LogP contribution in [-0.2, 0) is 0 Å². The van der Waals surface area contributed by atoms with Gasteiger partial charge in [-0.1, -0.05) is 12.1 Å². The van der Waals surface area contributed by atoms with Crippen molar-refractivity contribution in [1.29, 1.82) is 5.26 Å². The van der Waals surface area contributed by atoms with Crippen LogP contribution in [0.3, 0.4) is 0 Å². The lowest BCUT2D eigenvalue weighted by Crippen LogP contribution is -2.13. The van der Waals surface area contributed by atoms with Gasteiger partial charge in [-0.3, -0.25) is 4.79 Å². The highest BCUT2D eigenvalue weighted by Crippen LogP contribution is 2.20. The maximum atomic E-state index is 12.3. The highest BCUT2D eigenvalue weighted by molar-refractivity contribution is 6.04. The predicted octanol–water partition coefficient (Wildman–Crippen LogP) is 3.37. The number of fused-ring (bicyclic) bond motifs is 1. The minimum Gasteiger partial charge on any atom is -0.497 e. The summed E-state index contributed by atoms with van der Waals surface area (Å²) in [6, 6.07) is 17.7. The summed E-state index contributed by atoms with van der Waals surface area (Å²) < 4.78 is 5.17. The van der Waals surface area contributed by atoms with E-state index in [-0.39, 0.29) is 5.91 Å². The van der Waals surface area contributed by atoms with E-state index in [1.807, 2.05) is 18.2 Å². The van der Waals surface area contributed by atoms with Crippen molar-refractivity contribution in [2.45, 2.75) is 0 Å². The quantitative estimate of drug-likeness (QED) is 0.805. The first kappa shape index (κ1) is 14.5. The number of pyridine rings is 1. The first-order valence-electron chi connectivity index (χ1n) is 6.96. The lowest BCUT2D eigenvalue weighted by molar-refractivity contribution is 0.102. The molecule has 0 atom stereocenters. The number of ether oxygens (including phenoxy) is 1. The molecule has 1 amide bonds. The van der Waals surface area contributed by atoms with E-state index in [4.69, 9.17) is 10.00 Å². The zero-order valence-corrected chi connectivity index (χ0v) is 12.4. The highest BCUT2D eigenvalue weighted by Gasteiger charge is 2.09. The number of anilines is 1. The molecule has 0 aliphatic rings. The molecule has 0 spiro atoms. The Morgan fingerprint density at radius 1 is 1.17 bits per heavy atom. The molecule has 0 unspecified atom stereocenters. The first-order chi connectivity index (χ1) is 11.2. The molecule has 0 bridgehead atoms. The van der Waals surface area contributed by atoms with Crippen molar-refractivity contribution >= 4 is 22.5 Å². The number of nitriles is 1. The van der Waals surface area contributed by atoms with E-state index in [1.54, 1.807) is 49.6 Å². The van der Waals surface area contributed by atoms with E-state index >= 15 is 0 Å². The molecule has 0 aliphatic carbocycles. The van der Waals surface area contributed by atoms with Crippen molar-refractivity contribution < 1.29 is 9.53 Å². The first-order valence-corrected chi connectivity index (χ1v) is 6.96. The summed E-state index contributed by atoms with van der Waals surface area (Å²) in [5.41, 5.74) is 2.07. The molecule has 0 radical (unpaired) electrons. The molecule has 5 nitrogen and oxygen atoms in total. The van der Waals surface area contributed by atoms with Gasteiger partial charge in [-0.25, -0.2) is 4.98 Å². The van der Waals surface area contributed by atoms with Gasteiger partial charge in [0.25, 0.3) is 5.91 Å². The maximum absolute atomic E-state index is 12.3. The molecule has 5 heteroatoms. The number of benzene rings is 2. The van der Waals surface area contributed by atoms with Gasteiger partial charge in [-0.05, 0) is 42.5 Å². The van der Waals surface area contributed by atoms with Crippen LogP contribution in [0.25, 0.3) is 10.9 Å². The fraction of sp³-hybridized carbons (Fsp3) is 0.0556. The molecule has 0 saturated heterocycles. The van der Waals surface area contributed by atoms with E-state index < -0.39 is 0 Å². The van der Waals surface area contributed by atoms with Crippen LogP contribution >= 0.6 is 0 Å². The van der Waals surface area contributed by atoms with Crippen molar-refractivity contribution in [2.75, 3.05) is 12.4 Å². The molecule has 3 aromatic rings. The molecule has 1 heterocycles. The summed E-state index contributed by atoms with van der Waals surface area (Å²) in [5, 5.41) is 12.5. The van der Waals surface area contributed by atoms with E-state index in [2.05, 4.69) is 10.3 Å². The summed E-state index contributed by atoms with van der Waals surface area (Å²) in [7, 11) is 1.60. The Labute approximate surface area is 133 Å². The molecule has 0 aliphatic heterocycles. The van der Waals surface area contributed by atoms with Gasteiger partial charge < -0.3 is 10.1 Å². The van der Waals surface area contributed by atoms with Gasteiger partial charge in [0.1, 0.15) is 11.4 Å². The molecular formula is C18H13N3O2. The Kier molecular flexibility index (Phi) is 3.89. The fourth-order valence-corrected chi connectivity index (χ4v) is 2.22. The van der Waals surface area contributed by atoms with Crippen LogP contribution in [-0.4, -0.2) is 18.0 Å². The lowest BCUT2D eigenvalue weighted by atomic mass is 10.2. The van der Waals surface area contributed by atoms with Crippen LogP contribution in [0.5, 0.6) is 5.75 Å². The molecule has 0 saturated carbocycles. The molecule has 2 aromatic carbocycles. The average Bonchev–Trinajstić information content (AvgIpc) is 2.60. The van der Waals surface area contributed by atoms with Gasteiger partial charge in [-0.2, -0.15) is 5.26 Å². The Morgan fingerprint density at radius 3 is 2.83 bits per heavy atom. The van der Waals surface area contributed by atoms with E-state index in [0.29, 0.717) is 22.5 Å². The normalized spacial score (nSPS) is 10.1. The van der Waals surface area contributed by atoms with Crippen molar-refractivity contribution in [3.8, 4) is 11.8 Å². The zero-order valence-electron chi connectivity index (χ0n) is 12.4. The number of amides is 1. The van der Waals surface area contributed by atoms with E-state index in [0.717, 1.165) is 11.1 Å². The minimum absolute atomic E-state index is 0.310. The van der Waals surface area contributed by atoms with Gasteiger partial charge in [0, 0.05) is 11.1 Å². The summed E-state index contributed by atoms with van der Waals surface area (Å²) >= 11 is 0. The molecule has 23 heavy (non-hydrogen) atoms. The summed E-state index contributed by atoms with van der Waals surface area (Å²) in [5.74, 6) is 0.419. The zero-order chi connectivity index (χ0) is 16.2. The van der Waals surface area contributed by atoms with Crippen molar-refractivity contribution in [1.82, 2.24) is 4.98 Å². The molecular weight excluding hydrogens is 290 g/mol. The molecule has 112 valence electrons. The maximum Gasteiger partial charge on any atom is 0.274 e. The fourth-order valence-electron chi connectivity index (χ4n) is 2.22. The van der Waals surface area contributed by atoms with Crippen LogP contribution in [0.4, 0.5) is 5.69 Å². The van der Waals surface area contributed by atoms with Crippen LogP contribution in [0.2, 0.25) is 0 Å². The van der Waals surface area contributed by atoms with Crippen LogP contribution in [0.15, 0.2) is 54.6 Å².